The molecule has 8 heteroatoms. The quantitative estimate of drug-likeness (QED) is 0.595. The van der Waals surface area contributed by atoms with Gasteiger partial charge in [0.15, 0.2) is 0 Å². The van der Waals surface area contributed by atoms with Crippen molar-refractivity contribution in [2.45, 2.75) is 74.8 Å². The largest absolute Gasteiger partial charge is 0.486 e. The van der Waals surface area contributed by atoms with Gasteiger partial charge in [0, 0.05) is 30.3 Å². The summed E-state index contributed by atoms with van der Waals surface area (Å²) in [5.74, 6) is -0.212. The van der Waals surface area contributed by atoms with Crippen LogP contribution >= 0.6 is 0 Å². The third kappa shape index (κ3) is 4.05. The van der Waals surface area contributed by atoms with Crippen molar-refractivity contribution in [2.75, 3.05) is 19.8 Å². The number of hydrogen-bond acceptors (Lipinski definition) is 6. The van der Waals surface area contributed by atoms with Gasteiger partial charge in [-0.1, -0.05) is 31.0 Å². The number of nitrogens with zero attached hydrogens (tertiary/aromatic N) is 1. The molecule has 1 saturated heterocycles. The molecule has 2 amide bonds. The molecule has 0 aromatic heterocycles. The van der Waals surface area contributed by atoms with Crippen LogP contribution in [-0.2, 0) is 14.3 Å². The van der Waals surface area contributed by atoms with Crippen LogP contribution in [0.15, 0.2) is 35.9 Å². The number of rotatable bonds is 6. The van der Waals surface area contributed by atoms with Crippen molar-refractivity contribution in [3.63, 3.8) is 0 Å². The number of aliphatic hydroxyl groups excluding tert-OH is 2. The molecule has 2 aliphatic carbocycles. The van der Waals surface area contributed by atoms with Gasteiger partial charge in [-0.25, -0.2) is 0 Å². The molecule has 2 aliphatic heterocycles. The van der Waals surface area contributed by atoms with Gasteiger partial charge in [0.25, 0.3) is 5.91 Å². The molecule has 3 N–H and O–H groups in total. The number of carbonyl (C=O) groups is 2. The zero-order chi connectivity index (χ0) is 22.9. The molecule has 33 heavy (non-hydrogen) atoms. The Morgan fingerprint density at radius 2 is 1.91 bits per heavy atom. The van der Waals surface area contributed by atoms with Crippen molar-refractivity contribution in [2.24, 2.45) is 0 Å². The molecule has 2 heterocycles. The van der Waals surface area contributed by atoms with Crippen molar-refractivity contribution in [3.8, 4) is 5.75 Å². The normalized spacial score (nSPS) is 30.8. The molecule has 1 saturated carbocycles. The summed E-state index contributed by atoms with van der Waals surface area (Å²) in [4.78, 5) is 28.6. The van der Waals surface area contributed by atoms with Crippen LogP contribution in [0.25, 0.3) is 0 Å². The second-order valence-corrected chi connectivity index (χ2v) is 9.37. The molecule has 1 aromatic rings. The zero-order valence-corrected chi connectivity index (χ0v) is 18.7. The number of ether oxygens (including phenoxy) is 2. The number of amides is 2. The third-order valence-electron chi connectivity index (χ3n) is 7.38. The molecule has 8 nitrogen and oxygen atoms in total. The molecule has 4 aliphatic rings. The summed E-state index contributed by atoms with van der Waals surface area (Å²) in [5.41, 5.74) is 1.32. The molecule has 5 atom stereocenters. The van der Waals surface area contributed by atoms with E-state index in [1.165, 1.54) is 0 Å². The highest BCUT2D eigenvalue weighted by atomic mass is 16.5. The molecule has 2 fully saturated rings. The lowest BCUT2D eigenvalue weighted by Gasteiger charge is -2.44. The Kier molecular flexibility index (Phi) is 6.40. The fourth-order valence-corrected chi connectivity index (χ4v) is 5.85. The van der Waals surface area contributed by atoms with Crippen LogP contribution < -0.4 is 10.1 Å². The molecular formula is C25H32N2O6. The maximum Gasteiger partial charge on any atom is 0.252 e. The van der Waals surface area contributed by atoms with E-state index in [4.69, 9.17) is 9.47 Å². The van der Waals surface area contributed by atoms with Crippen LogP contribution in [-0.4, -0.2) is 77.1 Å². The monoisotopic (exact) mass is 456 g/mol. The van der Waals surface area contributed by atoms with Crippen molar-refractivity contribution in [1.29, 1.82) is 0 Å². The van der Waals surface area contributed by atoms with Crippen LogP contribution in [0.5, 0.6) is 5.75 Å². The fourth-order valence-electron chi connectivity index (χ4n) is 5.85. The SMILES string of the molecule is O=C(NCCO)C1=CC(N(C(=O)C2CCCO2)C2CCCC2)C(O)C2Oc3ccccc3C12. The van der Waals surface area contributed by atoms with Crippen LogP contribution in [0.4, 0.5) is 0 Å². The Labute approximate surface area is 193 Å². The predicted octanol–water partition coefficient (Wildman–Crippen LogP) is 1.26. The van der Waals surface area contributed by atoms with E-state index in [2.05, 4.69) is 5.32 Å². The summed E-state index contributed by atoms with van der Waals surface area (Å²) in [5, 5.41) is 23.5. The first kappa shape index (κ1) is 22.4. The fraction of sp³-hybridized carbons (Fsp3) is 0.600. The van der Waals surface area contributed by atoms with Gasteiger partial charge < -0.3 is 29.9 Å². The Balaban J connectivity index is 1.54. The van der Waals surface area contributed by atoms with E-state index in [0.717, 1.165) is 37.7 Å². The summed E-state index contributed by atoms with van der Waals surface area (Å²) < 4.78 is 11.9. The molecule has 0 bridgehead atoms. The van der Waals surface area contributed by atoms with E-state index in [0.29, 0.717) is 24.4 Å². The number of benzene rings is 1. The minimum atomic E-state index is -0.984. The van der Waals surface area contributed by atoms with E-state index in [-0.39, 0.29) is 31.0 Å². The van der Waals surface area contributed by atoms with Crippen LogP contribution in [0, 0.1) is 0 Å². The summed E-state index contributed by atoms with van der Waals surface area (Å²) in [6.07, 6.45) is 4.92. The second-order valence-electron chi connectivity index (χ2n) is 9.37. The first-order chi connectivity index (χ1) is 16.1. The van der Waals surface area contributed by atoms with Crippen LogP contribution in [0.3, 0.4) is 0 Å². The minimum Gasteiger partial charge on any atom is -0.486 e. The molecule has 5 unspecified atom stereocenters. The Bertz CT molecular complexity index is 921. The zero-order valence-electron chi connectivity index (χ0n) is 18.7. The average Bonchev–Trinajstić information content (AvgIpc) is 3.60. The lowest BCUT2D eigenvalue weighted by Crippen LogP contribution is -2.59. The summed E-state index contributed by atoms with van der Waals surface area (Å²) in [6.45, 7) is 0.526. The number of hydrogen-bond donors (Lipinski definition) is 3. The predicted molar refractivity (Wildman–Crippen MR) is 120 cm³/mol. The minimum absolute atomic E-state index is 0.000295. The first-order valence-corrected chi connectivity index (χ1v) is 12.1. The topological polar surface area (TPSA) is 108 Å². The maximum absolute atomic E-state index is 13.6. The Morgan fingerprint density at radius 3 is 2.64 bits per heavy atom. The highest BCUT2D eigenvalue weighted by molar-refractivity contribution is 5.96. The Morgan fingerprint density at radius 1 is 1.12 bits per heavy atom. The van der Waals surface area contributed by atoms with Gasteiger partial charge in [-0.2, -0.15) is 0 Å². The molecule has 0 spiro atoms. The molecule has 5 rings (SSSR count). The van der Waals surface area contributed by atoms with Crippen molar-refractivity contribution in [3.05, 3.63) is 41.5 Å². The van der Waals surface area contributed by atoms with Crippen molar-refractivity contribution < 1.29 is 29.3 Å². The highest BCUT2D eigenvalue weighted by Gasteiger charge is 2.52. The van der Waals surface area contributed by atoms with E-state index >= 15 is 0 Å². The third-order valence-corrected chi connectivity index (χ3v) is 7.38. The number of fused-ring (bicyclic) bond motifs is 3. The number of para-hydroxylation sites is 1. The smallest absolute Gasteiger partial charge is 0.252 e. The lowest BCUT2D eigenvalue weighted by atomic mass is 9.77. The van der Waals surface area contributed by atoms with Crippen LogP contribution in [0.1, 0.15) is 50.0 Å². The van der Waals surface area contributed by atoms with E-state index < -0.39 is 30.3 Å². The number of nitrogens with one attached hydrogen (secondary N) is 1. The molecule has 1 aromatic carbocycles. The highest BCUT2D eigenvalue weighted by Crippen LogP contribution is 2.47. The van der Waals surface area contributed by atoms with Gasteiger partial charge in [-0.05, 0) is 37.8 Å². The van der Waals surface area contributed by atoms with Gasteiger partial charge >= 0.3 is 0 Å². The van der Waals surface area contributed by atoms with E-state index in [9.17, 15) is 19.8 Å². The average molecular weight is 457 g/mol. The lowest BCUT2D eigenvalue weighted by molar-refractivity contribution is -0.150. The van der Waals surface area contributed by atoms with Gasteiger partial charge in [0.05, 0.1) is 18.6 Å². The molecular weight excluding hydrogens is 424 g/mol. The van der Waals surface area contributed by atoms with Gasteiger partial charge in [-0.15, -0.1) is 0 Å². The molecule has 178 valence electrons. The standard InChI is InChI=1S/C25H32N2O6/c28-12-11-26-24(30)17-14-18(22(29)23-21(17)16-8-3-4-9-19(16)33-23)27(15-6-1-2-7-15)25(31)20-10-5-13-32-20/h3-4,8-9,14-15,18,20-23,28-29H,1-2,5-7,10-13H2,(H,26,30). The first-order valence-electron chi connectivity index (χ1n) is 12.1. The Hall–Kier alpha value is -2.42. The van der Waals surface area contributed by atoms with Crippen LogP contribution in [0.2, 0.25) is 0 Å². The maximum atomic E-state index is 13.6. The van der Waals surface area contributed by atoms with Crippen molar-refractivity contribution >= 4 is 11.8 Å². The summed E-state index contributed by atoms with van der Waals surface area (Å²) in [6, 6.07) is 6.81. The second kappa shape index (κ2) is 9.44. The number of aliphatic hydroxyl groups is 2. The van der Waals surface area contributed by atoms with Gasteiger partial charge in [0.1, 0.15) is 24.1 Å². The van der Waals surface area contributed by atoms with Crippen molar-refractivity contribution in [1.82, 2.24) is 10.2 Å². The van der Waals surface area contributed by atoms with Gasteiger partial charge in [-0.3, -0.25) is 9.59 Å². The van der Waals surface area contributed by atoms with E-state index in [1.54, 1.807) is 11.0 Å². The molecule has 0 radical (unpaired) electrons. The van der Waals surface area contributed by atoms with E-state index in [1.807, 2.05) is 24.3 Å². The summed E-state index contributed by atoms with van der Waals surface area (Å²) >= 11 is 0. The number of carbonyl (C=O) groups excluding carboxylic acids is 2. The van der Waals surface area contributed by atoms with Gasteiger partial charge in [0.2, 0.25) is 5.91 Å². The summed E-state index contributed by atoms with van der Waals surface area (Å²) in [7, 11) is 0.